The summed E-state index contributed by atoms with van der Waals surface area (Å²) >= 11 is 0. The number of anilines is 1. The number of carbonyl (C=O) groups is 1. The number of nitriles is 1. The molecule has 1 aliphatic carbocycles. The van der Waals surface area contributed by atoms with Gasteiger partial charge in [-0.2, -0.15) is 10.4 Å². The van der Waals surface area contributed by atoms with Gasteiger partial charge in [-0.25, -0.2) is 9.50 Å². The molecule has 0 spiro atoms. The number of nitrogens with zero attached hydrogens (tertiary/aromatic N) is 4. The summed E-state index contributed by atoms with van der Waals surface area (Å²) in [6.45, 7) is 3.35. The van der Waals surface area contributed by atoms with Gasteiger partial charge >= 0.3 is 5.97 Å². The molecule has 2 aromatic heterocycles. The highest BCUT2D eigenvalue weighted by atomic mass is 16.8. The van der Waals surface area contributed by atoms with Gasteiger partial charge in [0.1, 0.15) is 42.8 Å². The summed E-state index contributed by atoms with van der Waals surface area (Å²) in [5.41, 5.74) is 5.74. The second-order valence-electron chi connectivity index (χ2n) is 9.20. The fourth-order valence-electron chi connectivity index (χ4n) is 5.02. The van der Waals surface area contributed by atoms with Crippen LogP contribution in [0.4, 0.5) is 5.82 Å². The van der Waals surface area contributed by atoms with E-state index in [2.05, 4.69) is 16.2 Å². The van der Waals surface area contributed by atoms with Crippen LogP contribution in [0.5, 0.6) is 0 Å². The minimum absolute atomic E-state index is 0.126. The SMILES string of the molecule is CC1(C)O[C@H]2[C@H](c3ccc4c(N)ncnn34)O[C@](C#N)(COC(=O)C3CCCCC3)[C@H]2O1. The fourth-order valence-corrected chi connectivity index (χ4v) is 5.02. The van der Waals surface area contributed by atoms with Crippen LogP contribution < -0.4 is 5.73 Å². The Morgan fingerprint density at radius 3 is 2.81 bits per heavy atom. The molecule has 2 N–H and O–H groups in total. The van der Waals surface area contributed by atoms with Crippen molar-refractivity contribution in [1.82, 2.24) is 14.6 Å². The van der Waals surface area contributed by atoms with E-state index in [0.717, 1.165) is 32.1 Å². The van der Waals surface area contributed by atoms with Crippen molar-refractivity contribution < 1.29 is 23.7 Å². The Balaban J connectivity index is 1.45. The van der Waals surface area contributed by atoms with Crippen molar-refractivity contribution in [3.05, 3.63) is 24.2 Å². The highest BCUT2D eigenvalue weighted by Crippen LogP contribution is 2.50. The van der Waals surface area contributed by atoms with E-state index in [4.69, 9.17) is 24.7 Å². The number of fused-ring (bicyclic) bond motifs is 2. The van der Waals surface area contributed by atoms with Crippen LogP contribution in [0.3, 0.4) is 0 Å². The first-order chi connectivity index (χ1) is 15.3. The van der Waals surface area contributed by atoms with Crippen molar-refractivity contribution in [3.8, 4) is 6.07 Å². The number of rotatable bonds is 4. The Morgan fingerprint density at radius 1 is 1.28 bits per heavy atom. The standard InChI is InChI=1S/C22H27N5O5/c1-21(2)30-17-16(14-8-9-15-19(24)25-12-26-27(14)15)31-22(10-23,18(17)32-21)11-29-20(28)13-6-4-3-5-7-13/h8-9,12-13,16-18H,3-7,11H2,1-2H3,(H2,24,25,26)/t16-,17-,18-,22+/m0/s1. The van der Waals surface area contributed by atoms with E-state index in [0.29, 0.717) is 17.0 Å². The highest BCUT2D eigenvalue weighted by Gasteiger charge is 2.65. The molecule has 1 saturated carbocycles. The summed E-state index contributed by atoms with van der Waals surface area (Å²) in [6, 6.07) is 5.83. The van der Waals surface area contributed by atoms with Crippen molar-refractivity contribution in [2.45, 2.75) is 75.7 Å². The molecule has 0 bridgehead atoms. The first-order valence-corrected chi connectivity index (χ1v) is 11.0. The van der Waals surface area contributed by atoms with E-state index in [9.17, 15) is 10.1 Å². The third-order valence-corrected chi connectivity index (χ3v) is 6.58. The van der Waals surface area contributed by atoms with Gasteiger partial charge in [-0.05, 0) is 38.8 Å². The number of ether oxygens (including phenoxy) is 4. The van der Waals surface area contributed by atoms with Gasteiger partial charge in [-0.3, -0.25) is 4.79 Å². The maximum Gasteiger partial charge on any atom is 0.309 e. The largest absolute Gasteiger partial charge is 0.461 e. The van der Waals surface area contributed by atoms with Crippen LogP contribution in [-0.2, 0) is 23.7 Å². The molecule has 10 nitrogen and oxygen atoms in total. The lowest BCUT2D eigenvalue weighted by molar-refractivity contribution is -0.208. The molecule has 4 atom stereocenters. The molecule has 4 heterocycles. The van der Waals surface area contributed by atoms with Gasteiger partial charge in [0, 0.05) is 0 Å². The lowest BCUT2D eigenvalue weighted by Gasteiger charge is -2.29. The zero-order valence-corrected chi connectivity index (χ0v) is 18.2. The number of hydrogen-bond donors (Lipinski definition) is 1. The van der Waals surface area contributed by atoms with E-state index < -0.39 is 29.7 Å². The van der Waals surface area contributed by atoms with Crippen LogP contribution in [0.2, 0.25) is 0 Å². The van der Waals surface area contributed by atoms with Gasteiger partial charge < -0.3 is 24.7 Å². The molecule has 2 aliphatic heterocycles. The molecule has 2 aromatic rings. The summed E-state index contributed by atoms with van der Waals surface area (Å²) in [7, 11) is 0. The summed E-state index contributed by atoms with van der Waals surface area (Å²) in [5, 5.41) is 14.5. The monoisotopic (exact) mass is 441 g/mol. The number of aromatic nitrogens is 3. The fraction of sp³-hybridized carbons (Fsp3) is 0.636. The number of hydrogen-bond acceptors (Lipinski definition) is 9. The predicted molar refractivity (Wildman–Crippen MR) is 111 cm³/mol. The first-order valence-electron chi connectivity index (χ1n) is 11.0. The van der Waals surface area contributed by atoms with Crippen LogP contribution in [-0.4, -0.2) is 50.8 Å². The number of carbonyl (C=O) groups excluding carboxylic acids is 1. The quantitative estimate of drug-likeness (QED) is 0.709. The predicted octanol–water partition coefficient (Wildman–Crippen LogP) is 2.29. The average Bonchev–Trinajstić information content (AvgIpc) is 3.44. The Morgan fingerprint density at radius 2 is 2.06 bits per heavy atom. The van der Waals surface area contributed by atoms with Gasteiger partial charge in [0.15, 0.2) is 11.6 Å². The van der Waals surface area contributed by atoms with Crippen LogP contribution in [0.15, 0.2) is 18.5 Å². The third kappa shape index (κ3) is 3.41. The van der Waals surface area contributed by atoms with Crippen LogP contribution in [0.1, 0.15) is 57.7 Å². The molecule has 0 aromatic carbocycles. The van der Waals surface area contributed by atoms with E-state index in [1.807, 2.05) is 6.07 Å². The summed E-state index contributed by atoms with van der Waals surface area (Å²) in [4.78, 5) is 16.7. The molecule has 5 rings (SSSR count). The average molecular weight is 441 g/mol. The summed E-state index contributed by atoms with van der Waals surface area (Å²) in [6.07, 6.45) is 4.16. The molecular weight excluding hydrogens is 414 g/mol. The molecule has 0 unspecified atom stereocenters. The molecule has 10 heteroatoms. The van der Waals surface area contributed by atoms with Gasteiger partial charge in [0.2, 0.25) is 5.60 Å². The van der Waals surface area contributed by atoms with Crippen LogP contribution >= 0.6 is 0 Å². The second kappa shape index (κ2) is 7.69. The molecule has 3 aliphatic rings. The van der Waals surface area contributed by atoms with Crippen molar-refractivity contribution in [2.75, 3.05) is 12.3 Å². The number of nitrogens with two attached hydrogens (primary N) is 1. The van der Waals surface area contributed by atoms with Gasteiger partial charge in [0.05, 0.1) is 11.6 Å². The smallest absolute Gasteiger partial charge is 0.309 e. The van der Waals surface area contributed by atoms with Gasteiger partial charge in [0.25, 0.3) is 0 Å². The zero-order valence-electron chi connectivity index (χ0n) is 18.2. The van der Waals surface area contributed by atoms with Crippen LogP contribution in [0, 0.1) is 17.2 Å². The number of esters is 1. The molecule has 2 saturated heterocycles. The van der Waals surface area contributed by atoms with E-state index in [1.54, 1.807) is 24.4 Å². The van der Waals surface area contributed by atoms with Gasteiger partial charge in [-0.15, -0.1) is 0 Å². The van der Waals surface area contributed by atoms with Crippen molar-refractivity contribution >= 4 is 17.3 Å². The van der Waals surface area contributed by atoms with Crippen molar-refractivity contribution in [1.29, 1.82) is 5.26 Å². The van der Waals surface area contributed by atoms with E-state index in [-0.39, 0.29) is 18.5 Å². The minimum Gasteiger partial charge on any atom is -0.461 e. The first kappa shape index (κ1) is 21.1. The highest BCUT2D eigenvalue weighted by molar-refractivity contribution is 5.72. The zero-order chi connectivity index (χ0) is 22.5. The van der Waals surface area contributed by atoms with Crippen LogP contribution in [0.25, 0.3) is 5.52 Å². The van der Waals surface area contributed by atoms with E-state index in [1.165, 1.54) is 6.33 Å². The maximum absolute atomic E-state index is 12.7. The van der Waals surface area contributed by atoms with Gasteiger partial charge in [-0.1, -0.05) is 19.3 Å². The summed E-state index contributed by atoms with van der Waals surface area (Å²) < 4.78 is 25.8. The Hall–Kier alpha value is -2.74. The Bertz CT molecular complexity index is 1070. The number of nitrogen functional groups attached to an aromatic ring is 1. The van der Waals surface area contributed by atoms with Crippen molar-refractivity contribution in [3.63, 3.8) is 0 Å². The normalized spacial score (nSPS) is 32.0. The van der Waals surface area contributed by atoms with Crippen molar-refractivity contribution in [2.24, 2.45) is 5.92 Å². The molecule has 0 amide bonds. The molecular formula is C22H27N5O5. The lowest BCUT2D eigenvalue weighted by atomic mass is 9.89. The molecule has 3 fully saturated rings. The second-order valence-corrected chi connectivity index (χ2v) is 9.20. The minimum atomic E-state index is -1.50. The maximum atomic E-state index is 12.7. The molecule has 0 radical (unpaired) electrons. The molecule has 32 heavy (non-hydrogen) atoms. The van der Waals surface area contributed by atoms with E-state index >= 15 is 0 Å². The Labute approximate surface area is 185 Å². The molecule has 170 valence electrons. The third-order valence-electron chi connectivity index (χ3n) is 6.58. The lowest BCUT2D eigenvalue weighted by Crippen LogP contribution is -2.47. The summed E-state index contributed by atoms with van der Waals surface area (Å²) in [5.74, 6) is -1.00. The Kier molecular flexibility index (Phi) is 5.08. The topological polar surface area (TPSA) is 134 Å².